The van der Waals surface area contributed by atoms with Gasteiger partial charge in [-0.1, -0.05) is 24.1 Å². The van der Waals surface area contributed by atoms with Gasteiger partial charge in [0.25, 0.3) is 5.56 Å². The van der Waals surface area contributed by atoms with Crippen LogP contribution < -0.4 is 15.6 Å². The van der Waals surface area contributed by atoms with Crippen molar-refractivity contribution < 1.29 is 22.4 Å². The fourth-order valence-corrected chi connectivity index (χ4v) is 3.20. The molecule has 0 spiro atoms. The summed E-state index contributed by atoms with van der Waals surface area (Å²) in [6.45, 7) is 0. The highest BCUT2D eigenvalue weighted by Crippen LogP contribution is 2.31. The van der Waals surface area contributed by atoms with Gasteiger partial charge < -0.3 is 10.0 Å². The molecule has 0 unspecified atom stereocenters. The lowest BCUT2D eigenvalue weighted by Gasteiger charge is -2.12. The molecule has 0 aliphatic heterocycles. The van der Waals surface area contributed by atoms with Crippen molar-refractivity contribution >= 4 is 29.4 Å². The van der Waals surface area contributed by atoms with E-state index in [0.717, 1.165) is 11.6 Å². The average molecular weight is 466 g/mol. The number of nitrogens with zero attached hydrogens (tertiary/aromatic N) is 2. The van der Waals surface area contributed by atoms with Crippen LogP contribution in [0.4, 0.5) is 29.1 Å². The first kappa shape index (κ1) is 23.3. The van der Waals surface area contributed by atoms with Gasteiger partial charge >= 0.3 is 6.18 Å². The number of aromatic nitrogens is 2. The van der Waals surface area contributed by atoms with Crippen LogP contribution in [-0.4, -0.2) is 21.7 Å². The molecule has 1 aromatic heterocycles. The number of benzene rings is 2. The van der Waals surface area contributed by atoms with Gasteiger partial charge in [-0.3, -0.25) is 14.2 Å². The SMILES string of the molecule is CSNC(=O)CCc1ccc(-n2ccnc(Nc3ccc(C(F)(F)F)cc3F)c2=O)cc1. The first-order valence-electron chi connectivity index (χ1n) is 9.31. The number of carbonyl (C=O) groups excluding carboxylic acids is 1. The number of hydrogen-bond acceptors (Lipinski definition) is 5. The highest BCUT2D eigenvalue weighted by atomic mass is 32.2. The van der Waals surface area contributed by atoms with Crippen LogP contribution in [-0.2, 0) is 17.4 Å². The molecule has 2 aromatic carbocycles. The van der Waals surface area contributed by atoms with Gasteiger partial charge in [0, 0.05) is 30.8 Å². The fraction of sp³-hybridized carbons (Fsp3) is 0.190. The second kappa shape index (κ2) is 9.86. The summed E-state index contributed by atoms with van der Waals surface area (Å²) in [5.74, 6) is -1.49. The molecule has 0 bridgehead atoms. The summed E-state index contributed by atoms with van der Waals surface area (Å²) in [6, 6.07) is 8.89. The summed E-state index contributed by atoms with van der Waals surface area (Å²) >= 11 is 1.23. The Hall–Kier alpha value is -3.34. The van der Waals surface area contributed by atoms with E-state index < -0.39 is 23.1 Å². The molecule has 1 heterocycles. The molecule has 3 aromatic rings. The Morgan fingerprint density at radius 3 is 2.50 bits per heavy atom. The summed E-state index contributed by atoms with van der Waals surface area (Å²) in [4.78, 5) is 28.2. The predicted molar refractivity (Wildman–Crippen MR) is 114 cm³/mol. The molecule has 0 aliphatic carbocycles. The van der Waals surface area contributed by atoms with Crippen molar-refractivity contribution in [1.29, 1.82) is 0 Å². The Labute approximate surface area is 184 Å². The maximum absolute atomic E-state index is 14.1. The molecule has 0 fully saturated rings. The molecule has 0 radical (unpaired) electrons. The summed E-state index contributed by atoms with van der Waals surface area (Å²) in [6.07, 6.45) is 0.653. The van der Waals surface area contributed by atoms with Gasteiger partial charge in [-0.15, -0.1) is 0 Å². The van der Waals surface area contributed by atoms with Crippen molar-refractivity contribution in [2.24, 2.45) is 0 Å². The Morgan fingerprint density at radius 2 is 1.88 bits per heavy atom. The van der Waals surface area contributed by atoms with Crippen LogP contribution >= 0.6 is 11.9 Å². The van der Waals surface area contributed by atoms with Crippen LogP contribution in [0.1, 0.15) is 17.5 Å². The minimum absolute atomic E-state index is 0.0851. The lowest BCUT2D eigenvalue weighted by Crippen LogP contribution is -2.22. The number of halogens is 4. The molecule has 168 valence electrons. The summed E-state index contributed by atoms with van der Waals surface area (Å²) in [5.41, 5.74) is -0.647. The van der Waals surface area contributed by atoms with Crippen LogP contribution in [0.3, 0.4) is 0 Å². The molecule has 11 heteroatoms. The first-order chi connectivity index (χ1) is 15.2. The third-order valence-electron chi connectivity index (χ3n) is 4.46. The monoisotopic (exact) mass is 466 g/mol. The highest BCUT2D eigenvalue weighted by molar-refractivity contribution is 7.97. The largest absolute Gasteiger partial charge is 0.416 e. The van der Waals surface area contributed by atoms with Crippen LogP contribution in [0.5, 0.6) is 0 Å². The number of aryl methyl sites for hydroxylation is 1. The Bertz CT molecular complexity index is 1160. The number of rotatable bonds is 7. The Balaban J connectivity index is 1.79. The molecule has 2 N–H and O–H groups in total. The molecule has 1 amide bonds. The van der Waals surface area contributed by atoms with Crippen LogP contribution in [0.25, 0.3) is 5.69 Å². The second-order valence-corrected chi connectivity index (χ2v) is 7.28. The minimum atomic E-state index is -4.68. The van der Waals surface area contributed by atoms with E-state index in [2.05, 4.69) is 15.0 Å². The van der Waals surface area contributed by atoms with Crippen molar-refractivity contribution in [2.75, 3.05) is 11.6 Å². The van der Waals surface area contributed by atoms with Crippen molar-refractivity contribution in [1.82, 2.24) is 14.3 Å². The van der Waals surface area contributed by atoms with E-state index in [9.17, 15) is 27.2 Å². The van der Waals surface area contributed by atoms with Gasteiger partial charge in [0.1, 0.15) is 5.82 Å². The van der Waals surface area contributed by atoms with E-state index >= 15 is 0 Å². The lowest BCUT2D eigenvalue weighted by atomic mass is 10.1. The van der Waals surface area contributed by atoms with E-state index in [4.69, 9.17) is 0 Å². The smallest absolute Gasteiger partial charge is 0.333 e. The third-order valence-corrected chi connectivity index (χ3v) is 4.89. The van der Waals surface area contributed by atoms with Gasteiger partial charge in [-0.25, -0.2) is 9.37 Å². The zero-order valence-corrected chi connectivity index (χ0v) is 17.6. The Morgan fingerprint density at radius 1 is 1.16 bits per heavy atom. The zero-order valence-electron chi connectivity index (χ0n) is 16.7. The summed E-state index contributed by atoms with van der Waals surface area (Å²) in [5, 5.41) is 2.45. The Kier molecular flexibility index (Phi) is 7.18. The van der Waals surface area contributed by atoms with E-state index in [0.29, 0.717) is 30.7 Å². The van der Waals surface area contributed by atoms with E-state index in [1.807, 2.05) is 0 Å². The van der Waals surface area contributed by atoms with Crippen molar-refractivity contribution in [3.63, 3.8) is 0 Å². The van der Waals surface area contributed by atoms with Crippen LogP contribution in [0, 0.1) is 5.82 Å². The standard InChI is InChI=1S/C21H18F4N4O2S/c1-32-28-18(30)9-4-13-2-6-15(7-3-13)29-11-10-26-19(20(29)31)27-17-8-5-14(12-16(17)22)21(23,24)25/h2-3,5-8,10-12H,4,9H2,1H3,(H,26,27)(H,28,30). The molecular formula is C21H18F4N4O2S. The normalized spacial score (nSPS) is 11.3. The van der Waals surface area contributed by atoms with Crippen molar-refractivity contribution in [3.8, 4) is 5.69 Å². The van der Waals surface area contributed by atoms with Crippen molar-refractivity contribution in [3.05, 3.63) is 82.2 Å². The molecule has 0 aliphatic rings. The summed E-state index contributed by atoms with van der Waals surface area (Å²) in [7, 11) is 0. The van der Waals surface area contributed by atoms with Gasteiger partial charge in [0.2, 0.25) is 5.91 Å². The number of carbonyl (C=O) groups is 1. The van der Waals surface area contributed by atoms with Crippen LogP contribution in [0.15, 0.2) is 59.7 Å². The quantitative estimate of drug-likeness (QED) is 0.397. The van der Waals surface area contributed by atoms with Gasteiger partial charge in [0.15, 0.2) is 5.82 Å². The topological polar surface area (TPSA) is 76.0 Å². The van der Waals surface area contributed by atoms with Gasteiger partial charge in [0.05, 0.1) is 11.3 Å². The second-order valence-electron chi connectivity index (χ2n) is 6.66. The fourth-order valence-electron chi connectivity index (χ4n) is 2.87. The van der Waals surface area contributed by atoms with E-state index in [-0.39, 0.29) is 17.4 Å². The number of alkyl halides is 3. The molecule has 0 atom stereocenters. The molecule has 32 heavy (non-hydrogen) atoms. The maximum Gasteiger partial charge on any atom is 0.416 e. The van der Waals surface area contributed by atoms with Gasteiger partial charge in [-0.2, -0.15) is 13.2 Å². The van der Waals surface area contributed by atoms with E-state index in [1.165, 1.54) is 28.9 Å². The number of anilines is 2. The highest BCUT2D eigenvalue weighted by Gasteiger charge is 2.31. The zero-order chi connectivity index (χ0) is 23.3. The third kappa shape index (κ3) is 5.67. The summed E-state index contributed by atoms with van der Waals surface area (Å²) < 4.78 is 56.1. The number of hydrogen-bond donors (Lipinski definition) is 2. The molecule has 3 rings (SSSR count). The molecule has 0 saturated heterocycles. The number of nitrogens with one attached hydrogen (secondary N) is 2. The average Bonchev–Trinajstić information content (AvgIpc) is 2.75. The van der Waals surface area contributed by atoms with Crippen LogP contribution in [0.2, 0.25) is 0 Å². The van der Waals surface area contributed by atoms with Crippen molar-refractivity contribution in [2.45, 2.75) is 19.0 Å². The predicted octanol–water partition coefficient (Wildman–Crippen LogP) is 4.46. The van der Waals surface area contributed by atoms with Gasteiger partial charge in [-0.05, 0) is 42.3 Å². The van der Waals surface area contributed by atoms with E-state index in [1.54, 1.807) is 30.5 Å². The maximum atomic E-state index is 14.1. The molecular weight excluding hydrogens is 448 g/mol. The number of amides is 1. The molecule has 6 nitrogen and oxygen atoms in total. The minimum Gasteiger partial charge on any atom is -0.333 e. The first-order valence-corrected chi connectivity index (χ1v) is 10.5. The lowest BCUT2D eigenvalue weighted by molar-refractivity contribution is -0.137. The molecule has 0 saturated carbocycles.